The van der Waals surface area contributed by atoms with Crippen LogP contribution in [0.1, 0.15) is 91.9 Å². The van der Waals surface area contributed by atoms with Crippen molar-refractivity contribution in [1.29, 1.82) is 0 Å². The number of hydrogen-bond donors (Lipinski definition) is 2. The third-order valence-electron chi connectivity index (χ3n) is 6.87. The molecule has 0 aliphatic carbocycles. The number of unbranched alkanes of at least 4 members (excludes halogenated alkanes) is 2. The van der Waals surface area contributed by atoms with E-state index < -0.39 is 5.60 Å². The lowest BCUT2D eigenvalue weighted by molar-refractivity contribution is 0.00545. The van der Waals surface area contributed by atoms with Crippen LogP contribution in [0.2, 0.25) is 0 Å². The van der Waals surface area contributed by atoms with Crippen LogP contribution in [0.15, 0.2) is 4.99 Å². The number of nitrogens with zero attached hydrogens (tertiary/aromatic N) is 3. The lowest BCUT2D eigenvalue weighted by atomic mass is 9.98. The van der Waals surface area contributed by atoms with Crippen molar-refractivity contribution in [2.24, 2.45) is 4.99 Å². The average Bonchev–Trinajstić information content (AvgIpc) is 3.01. The zero-order valence-electron chi connectivity index (χ0n) is 21.0. The Morgan fingerprint density at radius 3 is 2.34 bits per heavy atom. The molecule has 2 unspecified atom stereocenters. The number of piperidine rings is 2. The summed E-state index contributed by atoms with van der Waals surface area (Å²) in [5.41, 5.74) is -0.440. The average molecular weight is 450 g/mol. The van der Waals surface area contributed by atoms with E-state index in [1.54, 1.807) is 0 Å². The number of likely N-dealkylation sites (tertiary alicyclic amines) is 1. The molecular weight excluding hydrogens is 402 g/mol. The minimum absolute atomic E-state index is 0.145. The third-order valence-corrected chi connectivity index (χ3v) is 6.87. The van der Waals surface area contributed by atoms with Gasteiger partial charge in [-0.1, -0.05) is 12.8 Å². The number of nitrogens with one attached hydrogen (secondary N) is 2. The summed E-state index contributed by atoms with van der Waals surface area (Å²) in [5, 5.41) is 7.07. The van der Waals surface area contributed by atoms with Crippen LogP contribution in [-0.4, -0.2) is 78.3 Å². The molecule has 3 aliphatic rings. The fourth-order valence-corrected chi connectivity index (χ4v) is 5.42. The van der Waals surface area contributed by atoms with E-state index in [1.807, 2.05) is 25.7 Å². The highest BCUT2D eigenvalue weighted by atomic mass is 16.6. The topological polar surface area (TPSA) is 69.2 Å². The fraction of sp³-hybridized carbons (Fsp3) is 0.920. The van der Waals surface area contributed by atoms with Gasteiger partial charge in [0.05, 0.1) is 0 Å². The van der Waals surface area contributed by atoms with Gasteiger partial charge in [-0.15, -0.1) is 0 Å². The molecule has 0 aromatic heterocycles. The first-order chi connectivity index (χ1) is 15.4. The summed E-state index contributed by atoms with van der Waals surface area (Å²) in [6.07, 6.45) is 11.8. The number of amides is 1. The van der Waals surface area contributed by atoms with E-state index in [1.165, 1.54) is 51.7 Å². The van der Waals surface area contributed by atoms with Gasteiger partial charge < -0.3 is 25.2 Å². The minimum Gasteiger partial charge on any atom is -0.444 e. The van der Waals surface area contributed by atoms with Crippen LogP contribution in [0.4, 0.5) is 4.79 Å². The minimum atomic E-state index is -0.440. The Kier molecular flexibility index (Phi) is 9.50. The molecule has 0 aromatic rings. The molecule has 2 N–H and O–H groups in total. The van der Waals surface area contributed by atoms with Gasteiger partial charge >= 0.3 is 6.09 Å². The predicted octanol–water partition coefficient (Wildman–Crippen LogP) is 4.13. The molecule has 2 bridgehead atoms. The second-order valence-electron chi connectivity index (χ2n) is 10.8. The lowest BCUT2D eigenvalue weighted by Crippen LogP contribution is -2.55. The smallest absolute Gasteiger partial charge is 0.410 e. The Morgan fingerprint density at radius 2 is 1.72 bits per heavy atom. The fourth-order valence-electron chi connectivity index (χ4n) is 5.42. The summed E-state index contributed by atoms with van der Waals surface area (Å²) in [5.74, 6) is 0.929. The number of carbonyl (C=O) groups excluding carboxylic acids is 1. The maximum Gasteiger partial charge on any atom is 0.410 e. The van der Waals surface area contributed by atoms with Crippen molar-refractivity contribution in [2.45, 2.75) is 116 Å². The Morgan fingerprint density at radius 1 is 1.03 bits per heavy atom. The molecule has 7 nitrogen and oxygen atoms in total. The summed E-state index contributed by atoms with van der Waals surface area (Å²) < 4.78 is 5.66. The van der Waals surface area contributed by atoms with Gasteiger partial charge in [-0.2, -0.15) is 0 Å². The zero-order valence-corrected chi connectivity index (χ0v) is 21.0. The van der Waals surface area contributed by atoms with Gasteiger partial charge in [0.25, 0.3) is 0 Å². The summed E-state index contributed by atoms with van der Waals surface area (Å²) in [4.78, 5) is 22.2. The first-order valence-corrected chi connectivity index (χ1v) is 13.1. The zero-order chi connectivity index (χ0) is 23.0. The first kappa shape index (κ1) is 25.1. The number of guanidine groups is 1. The number of fused-ring (bicyclic) bond motifs is 2. The highest BCUT2D eigenvalue weighted by Crippen LogP contribution is 2.36. The predicted molar refractivity (Wildman–Crippen MR) is 131 cm³/mol. The van der Waals surface area contributed by atoms with Crippen molar-refractivity contribution in [3.63, 3.8) is 0 Å². The van der Waals surface area contributed by atoms with Gasteiger partial charge in [0.2, 0.25) is 0 Å². The second-order valence-corrected chi connectivity index (χ2v) is 10.8. The van der Waals surface area contributed by atoms with Crippen LogP contribution < -0.4 is 10.6 Å². The Labute approximate surface area is 195 Å². The molecule has 2 atom stereocenters. The Balaban J connectivity index is 1.40. The van der Waals surface area contributed by atoms with E-state index in [2.05, 4.69) is 22.5 Å². The molecule has 3 aliphatic heterocycles. The van der Waals surface area contributed by atoms with E-state index in [4.69, 9.17) is 9.73 Å². The van der Waals surface area contributed by atoms with E-state index in [-0.39, 0.29) is 18.2 Å². The molecule has 0 spiro atoms. The standard InChI is InChI=1S/C25H47N5O2/c1-5-26-23(27-14-8-6-9-15-29-16-10-7-11-17-29)28-20-18-21-12-13-22(19-20)30(21)24(31)32-25(2,3)4/h20-22H,5-19H2,1-4H3,(H2,26,27,28). The van der Waals surface area contributed by atoms with E-state index in [9.17, 15) is 4.79 Å². The lowest BCUT2D eigenvalue weighted by Gasteiger charge is -2.40. The third kappa shape index (κ3) is 7.82. The highest BCUT2D eigenvalue weighted by Gasteiger charge is 2.45. The van der Waals surface area contributed by atoms with E-state index >= 15 is 0 Å². The molecule has 3 fully saturated rings. The number of ether oxygens (including phenoxy) is 1. The van der Waals surface area contributed by atoms with Gasteiger partial charge in [-0.05, 0) is 98.7 Å². The van der Waals surface area contributed by atoms with Crippen molar-refractivity contribution in [3.8, 4) is 0 Å². The van der Waals surface area contributed by atoms with Crippen LogP contribution in [0.3, 0.4) is 0 Å². The van der Waals surface area contributed by atoms with Crippen molar-refractivity contribution < 1.29 is 9.53 Å². The van der Waals surface area contributed by atoms with Crippen molar-refractivity contribution in [1.82, 2.24) is 20.4 Å². The molecule has 0 radical (unpaired) electrons. The largest absolute Gasteiger partial charge is 0.444 e. The molecule has 3 rings (SSSR count). The van der Waals surface area contributed by atoms with Gasteiger partial charge in [0.15, 0.2) is 5.96 Å². The SMILES string of the molecule is CCNC(=NCCCCCN1CCCCC1)NC1CC2CCC(C1)N2C(=O)OC(C)(C)C. The normalized spacial score (nSPS) is 26.8. The number of aliphatic imine (C=N–C) groups is 1. The van der Waals surface area contributed by atoms with Gasteiger partial charge in [0.1, 0.15) is 5.60 Å². The van der Waals surface area contributed by atoms with Crippen LogP contribution in [-0.2, 0) is 4.74 Å². The molecule has 3 saturated heterocycles. The molecule has 184 valence electrons. The van der Waals surface area contributed by atoms with Gasteiger partial charge in [-0.3, -0.25) is 4.99 Å². The maximum atomic E-state index is 12.7. The second kappa shape index (κ2) is 12.1. The van der Waals surface area contributed by atoms with Crippen molar-refractivity contribution >= 4 is 12.1 Å². The number of hydrogen-bond acceptors (Lipinski definition) is 4. The van der Waals surface area contributed by atoms with Crippen LogP contribution in [0.5, 0.6) is 0 Å². The highest BCUT2D eigenvalue weighted by molar-refractivity contribution is 5.80. The summed E-state index contributed by atoms with van der Waals surface area (Å²) in [6, 6.07) is 0.917. The number of carbonyl (C=O) groups is 1. The van der Waals surface area contributed by atoms with Gasteiger partial charge in [-0.25, -0.2) is 4.79 Å². The Hall–Kier alpha value is -1.50. The van der Waals surface area contributed by atoms with E-state index in [0.29, 0.717) is 6.04 Å². The maximum absolute atomic E-state index is 12.7. The quantitative estimate of drug-likeness (QED) is 0.331. The van der Waals surface area contributed by atoms with E-state index in [0.717, 1.165) is 51.2 Å². The summed E-state index contributed by atoms with van der Waals surface area (Å²) in [6.45, 7) is 13.5. The first-order valence-electron chi connectivity index (χ1n) is 13.1. The van der Waals surface area contributed by atoms with Crippen LogP contribution in [0.25, 0.3) is 0 Å². The molecule has 3 heterocycles. The molecule has 1 amide bonds. The molecule has 32 heavy (non-hydrogen) atoms. The summed E-state index contributed by atoms with van der Waals surface area (Å²) >= 11 is 0. The van der Waals surface area contributed by atoms with Crippen molar-refractivity contribution in [3.05, 3.63) is 0 Å². The molecular formula is C25H47N5O2. The van der Waals surface area contributed by atoms with Crippen LogP contribution in [0, 0.1) is 0 Å². The summed E-state index contributed by atoms with van der Waals surface area (Å²) in [7, 11) is 0. The molecule has 0 aromatic carbocycles. The molecule has 7 heteroatoms. The Bertz CT molecular complexity index is 598. The van der Waals surface area contributed by atoms with Crippen molar-refractivity contribution in [2.75, 3.05) is 32.7 Å². The monoisotopic (exact) mass is 449 g/mol. The van der Waals surface area contributed by atoms with Gasteiger partial charge in [0, 0.05) is 31.2 Å². The molecule has 0 saturated carbocycles. The number of rotatable bonds is 8. The van der Waals surface area contributed by atoms with Crippen LogP contribution >= 0.6 is 0 Å².